The molecule has 0 aliphatic heterocycles. The van der Waals surface area contributed by atoms with Gasteiger partial charge in [-0.15, -0.1) is 21.5 Å². The summed E-state index contributed by atoms with van der Waals surface area (Å²) < 4.78 is 5.44. The van der Waals surface area contributed by atoms with Gasteiger partial charge in [0.2, 0.25) is 16.9 Å². The number of esters is 1. The van der Waals surface area contributed by atoms with Crippen molar-refractivity contribution in [1.29, 1.82) is 0 Å². The van der Waals surface area contributed by atoms with Crippen molar-refractivity contribution < 1.29 is 19.1 Å². The van der Waals surface area contributed by atoms with Gasteiger partial charge in [-0.3, -0.25) is 9.59 Å². The Labute approximate surface area is 197 Å². The molecule has 0 aliphatic rings. The Morgan fingerprint density at radius 2 is 1.84 bits per heavy atom. The second-order valence-corrected chi connectivity index (χ2v) is 10.0. The molecule has 168 valence electrons. The average Bonchev–Trinajstić information content (AvgIpc) is 3.29. The highest BCUT2D eigenvalue weighted by Gasteiger charge is 2.21. The minimum atomic E-state index is -0.475. The first-order chi connectivity index (χ1) is 15.3. The van der Waals surface area contributed by atoms with E-state index in [9.17, 15) is 14.4 Å². The van der Waals surface area contributed by atoms with E-state index in [-0.39, 0.29) is 17.6 Å². The van der Waals surface area contributed by atoms with Crippen LogP contribution in [0.2, 0.25) is 0 Å². The zero-order chi connectivity index (χ0) is 23.3. The van der Waals surface area contributed by atoms with Gasteiger partial charge >= 0.3 is 5.97 Å². The van der Waals surface area contributed by atoms with E-state index in [1.165, 1.54) is 48.5 Å². The minimum absolute atomic E-state index is 0.114. The second kappa shape index (κ2) is 10.6. The van der Waals surface area contributed by atoms with Gasteiger partial charge in [-0.1, -0.05) is 29.2 Å². The topological polar surface area (TPSA) is 122 Å². The molecule has 2 aromatic heterocycles. The Kier molecular flexibility index (Phi) is 7.83. The zero-order valence-electron chi connectivity index (χ0n) is 17.8. The molecule has 0 spiro atoms. The fourth-order valence-corrected chi connectivity index (χ4v) is 5.31. The number of hydrogen-bond acceptors (Lipinski definition) is 10. The van der Waals surface area contributed by atoms with Crippen molar-refractivity contribution in [2.45, 2.75) is 25.1 Å². The first-order valence-corrected chi connectivity index (χ1v) is 12.0. The molecule has 9 nitrogen and oxygen atoms in total. The number of thiophene rings is 1. The summed E-state index contributed by atoms with van der Waals surface area (Å²) in [4.78, 5) is 36.6. The number of aryl methyl sites for hydroxylation is 1. The van der Waals surface area contributed by atoms with Crippen LogP contribution in [-0.2, 0) is 14.3 Å². The molecule has 2 heterocycles. The number of anilines is 4. The summed E-state index contributed by atoms with van der Waals surface area (Å²) in [6.07, 6.45) is 0. The number of hydrogen-bond donors (Lipinski definition) is 3. The van der Waals surface area contributed by atoms with E-state index in [2.05, 4.69) is 26.1 Å². The largest absolute Gasteiger partial charge is 0.465 e. The number of ether oxygens (including phenoxy) is 1. The number of benzene rings is 1. The zero-order valence-corrected chi connectivity index (χ0v) is 20.2. The normalized spacial score (nSPS) is 10.5. The lowest BCUT2D eigenvalue weighted by Crippen LogP contribution is -2.16. The third-order valence-corrected chi connectivity index (χ3v) is 7.29. The lowest BCUT2D eigenvalue weighted by Gasteiger charge is -2.06. The summed E-state index contributed by atoms with van der Waals surface area (Å²) in [5.74, 6) is -0.767. The molecule has 0 saturated carbocycles. The Hall–Kier alpha value is -2.96. The van der Waals surface area contributed by atoms with E-state index in [1.807, 2.05) is 26.0 Å². The Morgan fingerprint density at radius 3 is 2.56 bits per heavy atom. The molecule has 3 N–H and O–H groups in total. The number of rotatable bonds is 8. The van der Waals surface area contributed by atoms with Crippen molar-refractivity contribution in [2.24, 2.45) is 0 Å². The highest BCUT2D eigenvalue weighted by atomic mass is 32.2. The third-order valence-electron chi connectivity index (χ3n) is 4.20. The molecule has 12 heteroatoms. The molecule has 2 amide bonds. The van der Waals surface area contributed by atoms with Gasteiger partial charge in [-0.05, 0) is 37.6 Å². The van der Waals surface area contributed by atoms with Crippen molar-refractivity contribution in [3.8, 4) is 0 Å². The highest BCUT2D eigenvalue weighted by Crippen LogP contribution is 2.33. The van der Waals surface area contributed by atoms with Gasteiger partial charge in [0.15, 0.2) is 4.34 Å². The fourth-order valence-electron chi connectivity index (χ4n) is 2.67. The van der Waals surface area contributed by atoms with Crippen LogP contribution in [0.1, 0.15) is 27.7 Å². The van der Waals surface area contributed by atoms with Crippen LogP contribution in [0.15, 0.2) is 28.6 Å². The maximum atomic E-state index is 12.4. The molecular weight excluding hydrogens is 470 g/mol. The van der Waals surface area contributed by atoms with Gasteiger partial charge in [0.25, 0.3) is 0 Å². The number of nitrogens with zero attached hydrogens (tertiary/aromatic N) is 2. The predicted octanol–water partition coefficient (Wildman–Crippen LogP) is 4.44. The smallest absolute Gasteiger partial charge is 0.341 e. The lowest BCUT2D eigenvalue weighted by molar-refractivity contribution is -0.114. The molecule has 0 unspecified atom stereocenters. The first kappa shape index (κ1) is 23.7. The maximum Gasteiger partial charge on any atom is 0.341 e. The highest BCUT2D eigenvalue weighted by molar-refractivity contribution is 8.01. The number of carbonyl (C=O) groups excluding carboxylic acids is 3. The lowest BCUT2D eigenvalue weighted by atomic mass is 10.1. The van der Waals surface area contributed by atoms with E-state index < -0.39 is 5.97 Å². The van der Waals surface area contributed by atoms with E-state index in [4.69, 9.17) is 4.74 Å². The van der Waals surface area contributed by atoms with Crippen LogP contribution in [0.5, 0.6) is 0 Å². The summed E-state index contributed by atoms with van der Waals surface area (Å²) >= 11 is 3.89. The molecule has 0 fully saturated rings. The van der Waals surface area contributed by atoms with Crippen LogP contribution in [0.4, 0.5) is 21.5 Å². The average molecular weight is 492 g/mol. The van der Waals surface area contributed by atoms with Crippen LogP contribution < -0.4 is 16.0 Å². The van der Waals surface area contributed by atoms with Crippen LogP contribution in [-0.4, -0.2) is 40.8 Å². The van der Waals surface area contributed by atoms with Gasteiger partial charge in [0, 0.05) is 23.2 Å². The van der Waals surface area contributed by atoms with E-state index in [1.54, 1.807) is 12.1 Å². The number of thioether (sulfide) groups is 1. The summed E-state index contributed by atoms with van der Waals surface area (Å²) in [7, 11) is 1.31. The number of carbonyl (C=O) groups is 3. The van der Waals surface area contributed by atoms with Crippen molar-refractivity contribution >= 4 is 73.7 Å². The Morgan fingerprint density at radius 1 is 1.09 bits per heavy atom. The molecule has 0 saturated heterocycles. The van der Waals surface area contributed by atoms with Gasteiger partial charge in [0.05, 0.1) is 18.4 Å². The number of amides is 2. The number of methoxy groups -OCH3 is 1. The van der Waals surface area contributed by atoms with E-state index in [0.717, 1.165) is 16.1 Å². The summed E-state index contributed by atoms with van der Waals surface area (Å²) in [5.41, 5.74) is 2.61. The Balaban J connectivity index is 1.58. The number of aromatic nitrogens is 2. The van der Waals surface area contributed by atoms with E-state index in [0.29, 0.717) is 25.7 Å². The molecule has 0 bridgehead atoms. The number of nitrogens with one attached hydrogen (secondary N) is 3. The summed E-state index contributed by atoms with van der Waals surface area (Å²) in [6, 6.07) is 7.23. The first-order valence-electron chi connectivity index (χ1n) is 9.36. The standard InChI is InChI=1S/C20H21N5O4S3/c1-10-11(2)31-17(16(10)18(28)29-4)23-15(27)9-30-20-25-24-19(32-20)22-14-7-5-6-13(8-14)21-12(3)26/h5-8H,9H2,1-4H3,(H,21,26)(H,22,24)(H,23,27). The van der Waals surface area contributed by atoms with Crippen molar-refractivity contribution in [3.05, 3.63) is 40.3 Å². The molecular formula is C20H21N5O4S3. The van der Waals surface area contributed by atoms with E-state index >= 15 is 0 Å². The molecule has 3 aromatic rings. The molecule has 1 aromatic carbocycles. The van der Waals surface area contributed by atoms with Gasteiger partial charge in [-0.2, -0.15) is 0 Å². The monoisotopic (exact) mass is 491 g/mol. The van der Waals surface area contributed by atoms with Crippen molar-refractivity contribution in [3.63, 3.8) is 0 Å². The molecule has 32 heavy (non-hydrogen) atoms. The summed E-state index contributed by atoms with van der Waals surface area (Å²) in [5, 5.41) is 17.9. The van der Waals surface area contributed by atoms with Crippen LogP contribution >= 0.6 is 34.4 Å². The van der Waals surface area contributed by atoms with Gasteiger partial charge in [0.1, 0.15) is 5.00 Å². The quantitative estimate of drug-likeness (QED) is 0.312. The van der Waals surface area contributed by atoms with Crippen LogP contribution in [0, 0.1) is 13.8 Å². The minimum Gasteiger partial charge on any atom is -0.465 e. The maximum absolute atomic E-state index is 12.4. The third kappa shape index (κ3) is 6.05. The molecule has 0 atom stereocenters. The predicted molar refractivity (Wildman–Crippen MR) is 128 cm³/mol. The molecule has 0 radical (unpaired) electrons. The fraction of sp³-hybridized carbons (Fsp3) is 0.250. The Bertz CT molecular complexity index is 1160. The van der Waals surface area contributed by atoms with Crippen LogP contribution in [0.25, 0.3) is 0 Å². The van der Waals surface area contributed by atoms with Crippen molar-refractivity contribution in [1.82, 2.24) is 10.2 Å². The van der Waals surface area contributed by atoms with Crippen LogP contribution in [0.3, 0.4) is 0 Å². The molecule has 0 aliphatic carbocycles. The SMILES string of the molecule is COC(=O)c1c(NC(=O)CSc2nnc(Nc3cccc(NC(C)=O)c3)s2)sc(C)c1C. The molecule has 3 rings (SSSR count). The van der Waals surface area contributed by atoms with Gasteiger partial charge in [-0.25, -0.2) is 4.79 Å². The van der Waals surface area contributed by atoms with Crippen molar-refractivity contribution in [2.75, 3.05) is 28.8 Å². The van der Waals surface area contributed by atoms with Gasteiger partial charge < -0.3 is 20.7 Å². The summed E-state index contributed by atoms with van der Waals surface area (Å²) in [6.45, 7) is 5.16. The second-order valence-electron chi connectivity index (χ2n) is 6.58.